The summed E-state index contributed by atoms with van der Waals surface area (Å²) in [7, 11) is 0. The van der Waals surface area contributed by atoms with Crippen LogP contribution >= 0.6 is 11.8 Å². The molecule has 0 bridgehead atoms. The number of thioether (sulfide) groups is 1. The van der Waals surface area contributed by atoms with Crippen LogP contribution in [0.25, 0.3) is 0 Å². The number of hydrogen-bond donors (Lipinski definition) is 0. The van der Waals surface area contributed by atoms with Gasteiger partial charge < -0.3 is 0 Å². The van der Waals surface area contributed by atoms with E-state index in [1.807, 2.05) is 24.2 Å². The fourth-order valence-corrected chi connectivity index (χ4v) is 2.91. The summed E-state index contributed by atoms with van der Waals surface area (Å²) in [6.45, 7) is 2.28. The van der Waals surface area contributed by atoms with E-state index in [-0.39, 0.29) is 0 Å². The minimum Gasteiger partial charge on any atom is -0.263 e. The predicted octanol–water partition coefficient (Wildman–Crippen LogP) is 5.96. The van der Waals surface area contributed by atoms with Gasteiger partial charge in [0.1, 0.15) is 0 Å². The van der Waals surface area contributed by atoms with Crippen LogP contribution in [0, 0.1) is 0 Å². The molecule has 0 aliphatic carbocycles. The first-order chi connectivity index (χ1) is 8.93. The van der Waals surface area contributed by atoms with E-state index in [9.17, 15) is 0 Å². The number of allylic oxidation sites excluding steroid dienone is 1. The zero-order valence-corrected chi connectivity index (χ0v) is 12.7. The van der Waals surface area contributed by atoms with E-state index < -0.39 is 0 Å². The SMILES string of the molecule is CCCCCCCCCCCCC1=C[N]C=CS1. The van der Waals surface area contributed by atoms with Crippen molar-refractivity contribution >= 4 is 11.8 Å². The van der Waals surface area contributed by atoms with Crippen LogP contribution in [0.3, 0.4) is 0 Å². The highest BCUT2D eigenvalue weighted by atomic mass is 32.2. The molecule has 2 heteroatoms. The fraction of sp³-hybridized carbons (Fsp3) is 0.750. The van der Waals surface area contributed by atoms with Crippen molar-refractivity contribution in [2.45, 2.75) is 77.6 Å². The normalized spacial score (nSPS) is 14.4. The Bertz CT molecular complexity index is 245. The zero-order chi connectivity index (χ0) is 12.9. The van der Waals surface area contributed by atoms with Crippen molar-refractivity contribution in [2.75, 3.05) is 0 Å². The van der Waals surface area contributed by atoms with Crippen molar-refractivity contribution < 1.29 is 0 Å². The van der Waals surface area contributed by atoms with Crippen molar-refractivity contribution in [3.05, 3.63) is 22.7 Å². The van der Waals surface area contributed by atoms with Gasteiger partial charge in [-0.3, -0.25) is 5.32 Å². The highest BCUT2D eigenvalue weighted by Crippen LogP contribution is 2.25. The van der Waals surface area contributed by atoms with Crippen LogP contribution in [0.15, 0.2) is 22.7 Å². The summed E-state index contributed by atoms with van der Waals surface area (Å²) in [5.74, 6) is 0. The second-order valence-electron chi connectivity index (χ2n) is 5.08. The van der Waals surface area contributed by atoms with E-state index in [0.29, 0.717) is 0 Å². The van der Waals surface area contributed by atoms with Crippen molar-refractivity contribution in [1.29, 1.82) is 0 Å². The topological polar surface area (TPSA) is 14.1 Å². The van der Waals surface area contributed by atoms with Crippen LogP contribution in [0.2, 0.25) is 0 Å². The number of nitrogens with zero attached hydrogens (tertiary/aromatic N) is 1. The summed E-state index contributed by atoms with van der Waals surface area (Å²) in [4.78, 5) is 1.43. The predicted molar refractivity (Wildman–Crippen MR) is 83.4 cm³/mol. The van der Waals surface area contributed by atoms with Gasteiger partial charge in [0.15, 0.2) is 0 Å². The second kappa shape index (κ2) is 11.7. The van der Waals surface area contributed by atoms with E-state index in [0.717, 1.165) is 0 Å². The van der Waals surface area contributed by atoms with E-state index in [1.54, 1.807) is 0 Å². The molecule has 0 aromatic carbocycles. The van der Waals surface area contributed by atoms with Gasteiger partial charge in [-0.25, -0.2) is 0 Å². The standard InChI is InChI=1S/C16H28NS/c1-2-3-4-5-6-7-8-9-10-11-12-16-15-17-13-14-18-16/h13-15H,2-12H2,1H3. The molecule has 1 aliphatic heterocycles. The molecular weight excluding hydrogens is 238 g/mol. The lowest BCUT2D eigenvalue weighted by Gasteiger charge is -2.07. The third-order valence-electron chi connectivity index (χ3n) is 3.36. The summed E-state index contributed by atoms with van der Waals surface area (Å²) in [6, 6.07) is 0. The average Bonchev–Trinajstić information content (AvgIpc) is 2.42. The summed E-state index contributed by atoms with van der Waals surface area (Å²) < 4.78 is 0. The van der Waals surface area contributed by atoms with Crippen LogP contribution in [0.4, 0.5) is 0 Å². The van der Waals surface area contributed by atoms with Gasteiger partial charge in [0.25, 0.3) is 0 Å². The van der Waals surface area contributed by atoms with Crippen molar-refractivity contribution in [3.63, 3.8) is 0 Å². The molecule has 1 aliphatic rings. The molecule has 1 heterocycles. The average molecular weight is 266 g/mol. The summed E-state index contributed by atoms with van der Waals surface area (Å²) >= 11 is 1.83. The molecule has 0 spiro atoms. The Labute approximate surface area is 118 Å². The van der Waals surface area contributed by atoms with Crippen LogP contribution in [0.5, 0.6) is 0 Å². The van der Waals surface area contributed by atoms with Gasteiger partial charge in [-0.05, 0) is 18.2 Å². The Hall–Kier alpha value is -0.370. The highest BCUT2D eigenvalue weighted by molar-refractivity contribution is 8.05. The molecule has 0 saturated heterocycles. The molecule has 0 amide bonds. The first-order valence-electron chi connectivity index (χ1n) is 7.64. The number of hydrogen-bond acceptors (Lipinski definition) is 1. The molecule has 18 heavy (non-hydrogen) atoms. The lowest BCUT2D eigenvalue weighted by atomic mass is 10.1. The molecule has 1 rings (SSSR count). The van der Waals surface area contributed by atoms with Gasteiger partial charge in [-0.2, -0.15) is 0 Å². The van der Waals surface area contributed by atoms with Crippen molar-refractivity contribution in [1.82, 2.24) is 5.32 Å². The summed E-state index contributed by atoms with van der Waals surface area (Å²) in [6.07, 6.45) is 19.2. The smallest absolute Gasteiger partial charge is 0.0366 e. The molecule has 0 N–H and O–H groups in total. The Morgan fingerprint density at radius 3 is 2.06 bits per heavy atom. The number of unbranched alkanes of at least 4 members (excludes halogenated alkanes) is 9. The minimum absolute atomic E-state index is 1.22. The van der Waals surface area contributed by atoms with Gasteiger partial charge >= 0.3 is 0 Å². The summed E-state index contributed by atoms with van der Waals surface area (Å²) in [5, 5.41) is 6.23. The maximum absolute atomic E-state index is 4.16. The highest BCUT2D eigenvalue weighted by Gasteiger charge is 2.00. The largest absolute Gasteiger partial charge is 0.263 e. The van der Waals surface area contributed by atoms with Gasteiger partial charge in [-0.1, -0.05) is 76.5 Å². The van der Waals surface area contributed by atoms with Crippen LogP contribution in [-0.2, 0) is 0 Å². The quantitative estimate of drug-likeness (QED) is 0.421. The maximum Gasteiger partial charge on any atom is 0.0366 e. The van der Waals surface area contributed by atoms with Crippen LogP contribution in [-0.4, -0.2) is 0 Å². The van der Waals surface area contributed by atoms with E-state index in [4.69, 9.17) is 0 Å². The van der Waals surface area contributed by atoms with E-state index in [2.05, 4.69) is 17.6 Å². The molecule has 0 fully saturated rings. The molecule has 0 saturated carbocycles. The monoisotopic (exact) mass is 266 g/mol. The minimum atomic E-state index is 1.22. The third-order valence-corrected chi connectivity index (χ3v) is 4.23. The van der Waals surface area contributed by atoms with Crippen molar-refractivity contribution in [2.24, 2.45) is 0 Å². The van der Waals surface area contributed by atoms with Crippen LogP contribution < -0.4 is 5.32 Å². The lowest BCUT2D eigenvalue weighted by molar-refractivity contribution is 0.557. The molecule has 103 valence electrons. The van der Waals surface area contributed by atoms with Gasteiger partial charge in [0.2, 0.25) is 0 Å². The summed E-state index contributed by atoms with van der Waals surface area (Å²) in [5.41, 5.74) is 0. The zero-order valence-electron chi connectivity index (χ0n) is 11.9. The van der Waals surface area contributed by atoms with Gasteiger partial charge in [-0.15, -0.1) is 0 Å². The number of rotatable bonds is 11. The van der Waals surface area contributed by atoms with Gasteiger partial charge in [0.05, 0.1) is 0 Å². The Morgan fingerprint density at radius 2 is 1.50 bits per heavy atom. The van der Waals surface area contributed by atoms with Gasteiger partial charge in [0, 0.05) is 17.3 Å². The Balaban J connectivity index is 1.77. The molecule has 0 aromatic heterocycles. The lowest BCUT2D eigenvalue weighted by Crippen LogP contribution is -1.90. The fourth-order valence-electron chi connectivity index (χ4n) is 2.22. The van der Waals surface area contributed by atoms with E-state index >= 15 is 0 Å². The molecule has 1 nitrogen and oxygen atoms in total. The Morgan fingerprint density at radius 1 is 0.889 bits per heavy atom. The molecule has 0 unspecified atom stereocenters. The van der Waals surface area contributed by atoms with E-state index in [1.165, 1.54) is 75.5 Å². The molecule has 0 atom stereocenters. The molecule has 1 radical (unpaired) electrons. The Kier molecular flexibility index (Phi) is 10.2. The second-order valence-corrected chi connectivity index (χ2v) is 6.11. The molecular formula is C16H28NS. The first-order valence-corrected chi connectivity index (χ1v) is 8.52. The molecule has 0 aromatic rings. The van der Waals surface area contributed by atoms with Crippen molar-refractivity contribution in [3.8, 4) is 0 Å². The maximum atomic E-state index is 4.16. The van der Waals surface area contributed by atoms with Crippen LogP contribution in [0.1, 0.15) is 77.6 Å². The third kappa shape index (κ3) is 8.68. The first kappa shape index (κ1) is 15.7.